The summed E-state index contributed by atoms with van der Waals surface area (Å²) >= 11 is 0. The lowest BCUT2D eigenvalue weighted by molar-refractivity contribution is -0.122. The van der Waals surface area contributed by atoms with Crippen molar-refractivity contribution in [3.05, 3.63) is 59.4 Å². The van der Waals surface area contributed by atoms with Crippen molar-refractivity contribution in [1.29, 1.82) is 0 Å². The van der Waals surface area contributed by atoms with Crippen LogP contribution in [0.25, 0.3) is 0 Å². The highest BCUT2D eigenvalue weighted by molar-refractivity contribution is 7.91. The lowest BCUT2D eigenvalue weighted by Gasteiger charge is -2.20. The number of rotatable bonds is 6. The van der Waals surface area contributed by atoms with Gasteiger partial charge < -0.3 is 5.32 Å². The van der Waals surface area contributed by atoms with Gasteiger partial charge in [-0.1, -0.05) is 18.2 Å². The standard InChI is InChI=1S/C19H22N2O3S/c1-13-5-6-14(2)17(10-13)25(23,24)18(16-4-3-9-20-11-16)12-21-19(22)15-7-8-15/h3-6,9-11,15,18H,7-8,12H2,1-2H3,(H,21,22)/t18-/m0/s1. The molecular weight excluding hydrogens is 336 g/mol. The van der Waals surface area contributed by atoms with E-state index in [0.717, 1.165) is 18.4 Å². The molecule has 1 aromatic heterocycles. The number of aryl methyl sites for hydroxylation is 2. The molecule has 1 saturated carbocycles. The predicted molar refractivity (Wildman–Crippen MR) is 95.8 cm³/mol. The highest BCUT2D eigenvalue weighted by atomic mass is 32.2. The number of amides is 1. The number of nitrogens with zero attached hydrogens (tertiary/aromatic N) is 1. The minimum absolute atomic E-state index is 0.0398. The lowest BCUT2D eigenvalue weighted by atomic mass is 10.2. The predicted octanol–water partition coefficient (Wildman–Crippen LogP) is 2.74. The Hall–Kier alpha value is -2.21. The van der Waals surface area contributed by atoms with Crippen molar-refractivity contribution in [3.63, 3.8) is 0 Å². The number of sulfone groups is 1. The van der Waals surface area contributed by atoms with Crippen molar-refractivity contribution < 1.29 is 13.2 Å². The monoisotopic (exact) mass is 358 g/mol. The molecule has 0 saturated heterocycles. The molecule has 1 atom stereocenters. The maximum atomic E-state index is 13.3. The Balaban J connectivity index is 1.97. The molecule has 0 spiro atoms. The van der Waals surface area contributed by atoms with Gasteiger partial charge in [0, 0.05) is 24.9 Å². The first-order valence-corrected chi connectivity index (χ1v) is 9.93. The average molecular weight is 358 g/mol. The first-order chi connectivity index (χ1) is 11.9. The van der Waals surface area contributed by atoms with Crippen LogP contribution in [0.15, 0.2) is 47.6 Å². The van der Waals surface area contributed by atoms with Gasteiger partial charge in [0.1, 0.15) is 5.25 Å². The SMILES string of the molecule is Cc1ccc(C)c(S(=O)(=O)[C@@H](CNC(=O)C2CC2)c2cccnc2)c1. The van der Waals surface area contributed by atoms with Crippen molar-refractivity contribution in [2.45, 2.75) is 36.8 Å². The molecule has 6 heteroatoms. The van der Waals surface area contributed by atoms with Crippen molar-refractivity contribution in [1.82, 2.24) is 10.3 Å². The Kier molecular flexibility index (Phi) is 4.90. The summed E-state index contributed by atoms with van der Waals surface area (Å²) in [5, 5.41) is 1.95. The molecule has 1 aliphatic rings. The van der Waals surface area contributed by atoms with Gasteiger partial charge in [0.05, 0.1) is 4.90 Å². The van der Waals surface area contributed by atoms with Gasteiger partial charge in [0.25, 0.3) is 0 Å². The van der Waals surface area contributed by atoms with Crippen LogP contribution < -0.4 is 5.32 Å². The van der Waals surface area contributed by atoms with Gasteiger partial charge >= 0.3 is 0 Å². The average Bonchev–Trinajstić information content (AvgIpc) is 3.43. The maximum Gasteiger partial charge on any atom is 0.223 e. The summed E-state index contributed by atoms with van der Waals surface area (Å²) in [4.78, 5) is 16.4. The maximum absolute atomic E-state index is 13.3. The second-order valence-corrected chi connectivity index (χ2v) is 8.71. The molecule has 1 heterocycles. The van der Waals surface area contributed by atoms with E-state index in [9.17, 15) is 13.2 Å². The zero-order valence-corrected chi connectivity index (χ0v) is 15.2. The van der Waals surface area contributed by atoms with E-state index in [0.29, 0.717) is 16.0 Å². The van der Waals surface area contributed by atoms with Gasteiger partial charge in [-0.25, -0.2) is 8.42 Å². The molecule has 1 aliphatic carbocycles. The van der Waals surface area contributed by atoms with Gasteiger partial charge in [-0.15, -0.1) is 0 Å². The van der Waals surface area contributed by atoms with Crippen LogP contribution in [0.5, 0.6) is 0 Å². The van der Waals surface area contributed by atoms with E-state index in [1.54, 1.807) is 37.5 Å². The minimum atomic E-state index is -3.66. The van der Waals surface area contributed by atoms with E-state index in [2.05, 4.69) is 10.3 Å². The first kappa shape index (κ1) is 17.6. The van der Waals surface area contributed by atoms with Crippen LogP contribution in [0.1, 0.15) is 34.8 Å². The third-order valence-corrected chi connectivity index (χ3v) is 6.73. The van der Waals surface area contributed by atoms with Crippen molar-refractivity contribution in [2.75, 3.05) is 6.54 Å². The fourth-order valence-electron chi connectivity index (χ4n) is 2.82. The summed E-state index contributed by atoms with van der Waals surface area (Å²) in [5.74, 6) is -0.0250. The highest BCUT2D eigenvalue weighted by Crippen LogP contribution is 2.32. The Morgan fingerprint density at radius 1 is 1.28 bits per heavy atom. The molecule has 0 bridgehead atoms. The Bertz CT molecular complexity index is 875. The Morgan fingerprint density at radius 3 is 2.68 bits per heavy atom. The van der Waals surface area contributed by atoms with E-state index >= 15 is 0 Å². The van der Waals surface area contributed by atoms with Crippen LogP contribution in [0.4, 0.5) is 0 Å². The lowest BCUT2D eigenvalue weighted by Crippen LogP contribution is -2.33. The van der Waals surface area contributed by atoms with Crippen LogP contribution in [-0.4, -0.2) is 25.9 Å². The summed E-state index contributed by atoms with van der Waals surface area (Å²) in [5.41, 5.74) is 2.17. The molecule has 25 heavy (non-hydrogen) atoms. The van der Waals surface area contributed by atoms with E-state index < -0.39 is 15.1 Å². The normalized spacial score (nSPS) is 15.6. The molecular formula is C19H22N2O3S. The van der Waals surface area contributed by atoms with Gasteiger partial charge in [-0.05, 0) is 55.5 Å². The summed E-state index contributed by atoms with van der Waals surface area (Å²) in [6.07, 6.45) is 4.92. The van der Waals surface area contributed by atoms with Crippen LogP contribution >= 0.6 is 0 Å². The second kappa shape index (κ2) is 6.96. The third-order valence-electron chi connectivity index (χ3n) is 4.49. The number of hydrogen-bond acceptors (Lipinski definition) is 4. The molecule has 1 aromatic carbocycles. The number of hydrogen-bond donors (Lipinski definition) is 1. The van der Waals surface area contributed by atoms with Gasteiger partial charge in [-0.3, -0.25) is 9.78 Å². The number of carbonyl (C=O) groups excluding carboxylic acids is 1. The number of aromatic nitrogens is 1. The largest absolute Gasteiger partial charge is 0.354 e. The molecule has 1 amide bonds. The summed E-state index contributed by atoms with van der Waals surface area (Å²) in [6.45, 7) is 3.71. The number of nitrogens with one attached hydrogen (secondary N) is 1. The van der Waals surface area contributed by atoms with E-state index in [1.165, 1.54) is 0 Å². The highest BCUT2D eigenvalue weighted by Gasteiger charge is 2.34. The smallest absolute Gasteiger partial charge is 0.223 e. The Labute approximate surface area is 148 Å². The Morgan fingerprint density at radius 2 is 2.04 bits per heavy atom. The van der Waals surface area contributed by atoms with Crippen LogP contribution in [-0.2, 0) is 14.6 Å². The van der Waals surface area contributed by atoms with E-state index in [4.69, 9.17) is 0 Å². The molecule has 0 radical (unpaired) electrons. The summed E-state index contributed by atoms with van der Waals surface area (Å²) < 4.78 is 26.6. The zero-order valence-electron chi connectivity index (χ0n) is 14.4. The van der Waals surface area contributed by atoms with Gasteiger partial charge in [0.15, 0.2) is 9.84 Å². The fourth-order valence-corrected chi connectivity index (χ4v) is 4.80. The van der Waals surface area contributed by atoms with E-state index in [-0.39, 0.29) is 18.4 Å². The number of pyridine rings is 1. The molecule has 0 aliphatic heterocycles. The topological polar surface area (TPSA) is 76.1 Å². The molecule has 2 aromatic rings. The number of carbonyl (C=O) groups is 1. The summed E-state index contributed by atoms with van der Waals surface area (Å²) in [6, 6.07) is 8.84. The minimum Gasteiger partial charge on any atom is -0.354 e. The molecule has 3 rings (SSSR count). The second-order valence-electron chi connectivity index (χ2n) is 6.61. The quantitative estimate of drug-likeness (QED) is 0.861. The molecule has 1 fully saturated rings. The fraction of sp³-hybridized carbons (Fsp3) is 0.368. The summed E-state index contributed by atoms with van der Waals surface area (Å²) in [7, 11) is -3.66. The number of benzene rings is 1. The van der Waals surface area contributed by atoms with Gasteiger partial charge in [-0.2, -0.15) is 0 Å². The van der Waals surface area contributed by atoms with Crippen molar-refractivity contribution in [2.24, 2.45) is 5.92 Å². The van der Waals surface area contributed by atoms with E-state index in [1.807, 2.05) is 19.1 Å². The van der Waals surface area contributed by atoms with Crippen LogP contribution in [0.2, 0.25) is 0 Å². The molecule has 5 nitrogen and oxygen atoms in total. The van der Waals surface area contributed by atoms with Crippen LogP contribution in [0.3, 0.4) is 0 Å². The first-order valence-electron chi connectivity index (χ1n) is 8.38. The van der Waals surface area contributed by atoms with Crippen molar-refractivity contribution in [3.8, 4) is 0 Å². The van der Waals surface area contributed by atoms with Gasteiger partial charge in [0.2, 0.25) is 5.91 Å². The molecule has 132 valence electrons. The zero-order chi connectivity index (χ0) is 18.0. The van der Waals surface area contributed by atoms with Crippen molar-refractivity contribution >= 4 is 15.7 Å². The van der Waals surface area contributed by atoms with Crippen LogP contribution in [0, 0.1) is 19.8 Å². The molecule has 0 unspecified atom stereocenters. The third kappa shape index (κ3) is 3.90. The molecule has 1 N–H and O–H groups in total.